The standard InChI is InChI=1S/C28H37NOP/c1-4-6-21-29(3,22-7-5-2)24-25-15-14-20-28(23-25)31(30,26-16-10-8-11-17-26)27-18-12-9-13-19-27/h8-20,23H,4-7,21-22,24H2,1-3H3/q+1. The van der Waals surface area contributed by atoms with Crippen LogP contribution in [0.5, 0.6) is 0 Å². The lowest BCUT2D eigenvalue weighted by atomic mass is 10.1. The van der Waals surface area contributed by atoms with Crippen LogP contribution in [0, 0.1) is 0 Å². The highest BCUT2D eigenvalue weighted by molar-refractivity contribution is 7.85. The zero-order valence-electron chi connectivity index (χ0n) is 19.3. The molecule has 0 saturated carbocycles. The maximum Gasteiger partial charge on any atom is 0.171 e. The van der Waals surface area contributed by atoms with E-state index in [1.54, 1.807) is 0 Å². The van der Waals surface area contributed by atoms with Crippen LogP contribution in [0.4, 0.5) is 0 Å². The van der Waals surface area contributed by atoms with Gasteiger partial charge in [-0.25, -0.2) is 0 Å². The zero-order chi connectivity index (χ0) is 22.2. The van der Waals surface area contributed by atoms with E-state index in [2.05, 4.69) is 39.1 Å². The quantitative estimate of drug-likeness (QED) is 0.272. The predicted octanol–water partition coefficient (Wildman–Crippen LogP) is 5.87. The van der Waals surface area contributed by atoms with Crippen molar-refractivity contribution in [3.05, 3.63) is 90.5 Å². The van der Waals surface area contributed by atoms with E-state index in [0.29, 0.717) is 0 Å². The second-order valence-corrected chi connectivity index (χ2v) is 11.6. The predicted molar refractivity (Wildman–Crippen MR) is 135 cm³/mol. The Kier molecular flexibility index (Phi) is 8.29. The molecule has 0 aliphatic rings. The fraction of sp³-hybridized carbons (Fsp3) is 0.357. The van der Waals surface area contributed by atoms with E-state index in [1.807, 2.05) is 66.7 Å². The molecule has 0 fully saturated rings. The average Bonchev–Trinajstić information content (AvgIpc) is 2.82. The van der Waals surface area contributed by atoms with E-state index in [-0.39, 0.29) is 0 Å². The van der Waals surface area contributed by atoms with Crippen molar-refractivity contribution in [3.8, 4) is 0 Å². The Labute approximate surface area is 188 Å². The summed E-state index contributed by atoms with van der Waals surface area (Å²) in [6.07, 6.45) is 4.92. The fourth-order valence-electron chi connectivity index (χ4n) is 4.36. The van der Waals surface area contributed by atoms with E-state index < -0.39 is 7.14 Å². The maximum absolute atomic E-state index is 14.7. The van der Waals surface area contributed by atoms with E-state index in [0.717, 1.165) is 26.9 Å². The molecule has 0 heterocycles. The highest BCUT2D eigenvalue weighted by Crippen LogP contribution is 2.42. The van der Waals surface area contributed by atoms with Gasteiger partial charge >= 0.3 is 0 Å². The summed E-state index contributed by atoms with van der Waals surface area (Å²) in [7, 11) is -0.537. The van der Waals surface area contributed by atoms with Crippen LogP contribution in [0.2, 0.25) is 0 Å². The van der Waals surface area contributed by atoms with Crippen molar-refractivity contribution < 1.29 is 9.05 Å². The molecule has 0 aliphatic carbocycles. The number of unbranched alkanes of at least 4 members (excludes halogenated alkanes) is 2. The second kappa shape index (κ2) is 10.9. The highest BCUT2D eigenvalue weighted by Gasteiger charge is 2.30. The number of hydrogen-bond acceptors (Lipinski definition) is 1. The fourth-order valence-corrected chi connectivity index (χ4v) is 7.09. The summed E-state index contributed by atoms with van der Waals surface area (Å²) in [6.45, 7) is 7.89. The Morgan fingerprint density at radius 3 is 1.65 bits per heavy atom. The first-order chi connectivity index (χ1) is 15.0. The van der Waals surface area contributed by atoms with Crippen molar-refractivity contribution in [2.24, 2.45) is 0 Å². The first-order valence-electron chi connectivity index (χ1n) is 11.7. The van der Waals surface area contributed by atoms with Gasteiger partial charge < -0.3 is 9.05 Å². The molecule has 0 spiro atoms. The number of rotatable bonds is 11. The molecular weight excluding hydrogens is 397 g/mol. The van der Waals surface area contributed by atoms with Gasteiger partial charge in [-0.15, -0.1) is 0 Å². The molecule has 0 aliphatic heterocycles. The van der Waals surface area contributed by atoms with Crippen molar-refractivity contribution in [1.82, 2.24) is 0 Å². The van der Waals surface area contributed by atoms with Crippen LogP contribution in [0.15, 0.2) is 84.9 Å². The Bertz CT molecular complexity index is 933. The molecule has 0 N–H and O–H groups in total. The molecule has 0 aromatic heterocycles. The van der Waals surface area contributed by atoms with Crippen LogP contribution in [0.3, 0.4) is 0 Å². The molecule has 0 bridgehead atoms. The summed E-state index contributed by atoms with van der Waals surface area (Å²) in [6, 6.07) is 28.5. The van der Waals surface area contributed by atoms with E-state index in [1.165, 1.54) is 44.3 Å². The third-order valence-electron chi connectivity index (χ3n) is 6.18. The first-order valence-corrected chi connectivity index (χ1v) is 13.4. The van der Waals surface area contributed by atoms with Crippen LogP contribution in [-0.4, -0.2) is 24.6 Å². The van der Waals surface area contributed by atoms with Gasteiger partial charge in [0, 0.05) is 21.5 Å². The van der Waals surface area contributed by atoms with Crippen molar-refractivity contribution in [2.75, 3.05) is 20.1 Å². The van der Waals surface area contributed by atoms with Crippen LogP contribution in [0.1, 0.15) is 45.1 Å². The van der Waals surface area contributed by atoms with Gasteiger partial charge in [-0.3, -0.25) is 0 Å². The molecule has 0 saturated heterocycles. The third-order valence-corrected chi connectivity index (χ3v) is 9.24. The lowest BCUT2D eigenvalue weighted by molar-refractivity contribution is -0.923. The lowest BCUT2D eigenvalue weighted by Gasteiger charge is -2.35. The number of quaternary nitrogens is 1. The molecular formula is C28H37NOP+. The van der Waals surface area contributed by atoms with Gasteiger partial charge in [0.15, 0.2) is 7.14 Å². The zero-order valence-corrected chi connectivity index (χ0v) is 20.2. The van der Waals surface area contributed by atoms with Gasteiger partial charge in [0.05, 0.1) is 20.1 Å². The average molecular weight is 435 g/mol. The monoisotopic (exact) mass is 434 g/mol. The normalized spacial score (nSPS) is 12.1. The van der Waals surface area contributed by atoms with Crippen molar-refractivity contribution in [2.45, 2.75) is 46.1 Å². The Morgan fingerprint density at radius 1 is 0.677 bits per heavy atom. The molecule has 2 nitrogen and oxygen atoms in total. The lowest BCUT2D eigenvalue weighted by Crippen LogP contribution is -2.44. The molecule has 0 unspecified atom stereocenters. The van der Waals surface area contributed by atoms with Gasteiger partial charge in [-0.1, -0.05) is 106 Å². The number of benzene rings is 3. The minimum Gasteiger partial charge on any atom is -0.322 e. The van der Waals surface area contributed by atoms with Gasteiger partial charge in [0.1, 0.15) is 6.54 Å². The van der Waals surface area contributed by atoms with Crippen LogP contribution < -0.4 is 15.9 Å². The molecule has 0 atom stereocenters. The summed E-state index contributed by atoms with van der Waals surface area (Å²) >= 11 is 0. The molecule has 0 radical (unpaired) electrons. The summed E-state index contributed by atoms with van der Waals surface area (Å²) < 4.78 is 15.7. The molecule has 164 valence electrons. The molecule has 3 aromatic carbocycles. The largest absolute Gasteiger partial charge is 0.322 e. The first kappa shape index (κ1) is 23.5. The van der Waals surface area contributed by atoms with Crippen LogP contribution in [-0.2, 0) is 11.1 Å². The van der Waals surface area contributed by atoms with Crippen LogP contribution >= 0.6 is 7.14 Å². The summed E-state index contributed by atoms with van der Waals surface area (Å²) in [5.74, 6) is 0. The number of nitrogens with zero attached hydrogens (tertiary/aromatic N) is 1. The Morgan fingerprint density at radius 2 is 1.16 bits per heavy atom. The Hall–Kier alpha value is -2.15. The van der Waals surface area contributed by atoms with Gasteiger partial charge in [-0.2, -0.15) is 0 Å². The SMILES string of the molecule is CCCC[N+](C)(CCCC)Cc1cccc(P(=O)(c2ccccc2)c2ccccc2)c1. The molecule has 31 heavy (non-hydrogen) atoms. The minimum absolute atomic E-state index is 0.896. The van der Waals surface area contributed by atoms with Crippen molar-refractivity contribution in [3.63, 3.8) is 0 Å². The molecule has 3 rings (SSSR count). The molecule has 3 aromatic rings. The van der Waals surface area contributed by atoms with E-state index in [4.69, 9.17) is 0 Å². The second-order valence-electron chi connectivity index (χ2n) is 8.88. The molecule has 3 heteroatoms. The van der Waals surface area contributed by atoms with Crippen LogP contribution in [0.25, 0.3) is 0 Å². The Balaban J connectivity index is 2.01. The maximum atomic E-state index is 14.7. The third kappa shape index (κ3) is 5.76. The highest BCUT2D eigenvalue weighted by atomic mass is 31.2. The van der Waals surface area contributed by atoms with E-state index in [9.17, 15) is 4.57 Å². The van der Waals surface area contributed by atoms with Crippen molar-refractivity contribution >= 4 is 23.1 Å². The summed E-state index contributed by atoms with van der Waals surface area (Å²) in [5.41, 5.74) is 1.28. The number of hydrogen-bond donors (Lipinski definition) is 0. The van der Waals surface area contributed by atoms with Gasteiger partial charge in [0.25, 0.3) is 0 Å². The van der Waals surface area contributed by atoms with Gasteiger partial charge in [-0.05, 0) is 18.9 Å². The van der Waals surface area contributed by atoms with Crippen molar-refractivity contribution in [1.29, 1.82) is 0 Å². The topological polar surface area (TPSA) is 17.1 Å². The smallest absolute Gasteiger partial charge is 0.171 e. The molecule has 0 amide bonds. The summed E-state index contributed by atoms with van der Waals surface area (Å²) in [5, 5.41) is 2.72. The van der Waals surface area contributed by atoms with E-state index >= 15 is 0 Å². The minimum atomic E-state index is -2.92. The summed E-state index contributed by atoms with van der Waals surface area (Å²) in [4.78, 5) is 0. The van der Waals surface area contributed by atoms with Gasteiger partial charge in [0.2, 0.25) is 0 Å².